The summed E-state index contributed by atoms with van der Waals surface area (Å²) in [7, 11) is 0. The third kappa shape index (κ3) is 2.86. The minimum absolute atomic E-state index is 0.181. The summed E-state index contributed by atoms with van der Waals surface area (Å²) in [5, 5.41) is -0.607. The first-order valence-corrected chi connectivity index (χ1v) is 6.60. The van der Waals surface area contributed by atoms with Crippen molar-refractivity contribution in [3.63, 3.8) is 0 Å². The Morgan fingerprint density at radius 2 is 1.91 bits per heavy atom. The molecular weight excluding hydrogens is 342 g/mol. The summed E-state index contributed by atoms with van der Waals surface area (Å²) in [6, 6.07) is 2.21. The predicted molar refractivity (Wildman–Crippen MR) is 76.8 cm³/mol. The second kappa shape index (κ2) is 6.10. The van der Waals surface area contributed by atoms with Crippen LogP contribution < -0.4 is 5.73 Å². The van der Waals surface area contributed by atoms with E-state index in [1.54, 1.807) is 0 Å². The van der Waals surface area contributed by atoms with E-state index in [1.807, 2.05) is 0 Å². The number of carbonyl (C=O) groups is 1. The van der Waals surface area contributed by atoms with E-state index in [-0.39, 0.29) is 27.9 Å². The third-order valence-corrected chi connectivity index (χ3v) is 3.50. The molecule has 0 fully saturated rings. The van der Waals surface area contributed by atoms with E-state index < -0.39 is 28.6 Å². The van der Waals surface area contributed by atoms with E-state index >= 15 is 0 Å². The van der Waals surface area contributed by atoms with Gasteiger partial charge in [-0.3, -0.25) is 4.79 Å². The van der Waals surface area contributed by atoms with Gasteiger partial charge in [-0.2, -0.15) is 0 Å². The van der Waals surface area contributed by atoms with Gasteiger partial charge in [0.1, 0.15) is 22.4 Å². The van der Waals surface area contributed by atoms with Gasteiger partial charge in [0.15, 0.2) is 11.6 Å². The third-order valence-electron chi connectivity index (χ3n) is 2.80. The number of rotatable bonds is 3. The fraction of sp³-hybridized carbons (Fsp3) is 0.154. The molecule has 0 spiro atoms. The van der Waals surface area contributed by atoms with Crippen LogP contribution in [0.1, 0.15) is 29.4 Å². The molecule has 0 bridgehead atoms. The number of nitrogens with two attached hydrogens (primary N) is 1. The first-order chi connectivity index (χ1) is 10.2. The molecule has 0 amide bonds. The molecule has 2 rings (SSSR count). The maximum atomic E-state index is 14.2. The van der Waals surface area contributed by atoms with Crippen LogP contribution in [0.15, 0.2) is 12.1 Å². The summed E-state index contributed by atoms with van der Waals surface area (Å²) in [5.41, 5.74) is 3.99. The van der Waals surface area contributed by atoms with E-state index in [4.69, 9.17) is 28.9 Å². The molecule has 0 aliphatic carbocycles. The predicted octanol–water partition coefficient (Wildman–Crippen LogP) is 4.31. The molecule has 0 aliphatic heterocycles. The number of benzene rings is 1. The number of ketones is 1. The van der Waals surface area contributed by atoms with Crippen LogP contribution in [0, 0.1) is 5.82 Å². The zero-order valence-corrected chi connectivity index (χ0v) is 12.5. The fourth-order valence-electron chi connectivity index (χ4n) is 1.76. The van der Waals surface area contributed by atoms with Crippen molar-refractivity contribution in [3.8, 4) is 11.4 Å². The van der Waals surface area contributed by atoms with Crippen LogP contribution in [0.5, 0.6) is 0 Å². The lowest BCUT2D eigenvalue weighted by molar-refractivity contribution is 0.101. The standard InChI is InChI=1S/C13H8Cl2F3N3O/c1-4(22)10-8(15)12(19)21-13(20-10)5-2-3-6(14)7(9(5)16)11(17)18/h2-3,11H,1H3,(H2,19,20,21). The Labute approximate surface area is 133 Å². The second-order valence-corrected chi connectivity index (χ2v) is 5.06. The number of anilines is 1. The number of hydrogen-bond acceptors (Lipinski definition) is 4. The normalized spacial score (nSPS) is 11.0. The average Bonchev–Trinajstić information content (AvgIpc) is 2.41. The maximum Gasteiger partial charge on any atom is 0.268 e. The van der Waals surface area contributed by atoms with E-state index in [0.717, 1.165) is 12.1 Å². The summed E-state index contributed by atoms with van der Waals surface area (Å²) in [6.45, 7) is 1.18. The molecule has 116 valence electrons. The first-order valence-electron chi connectivity index (χ1n) is 5.84. The molecule has 2 aromatic rings. The second-order valence-electron chi connectivity index (χ2n) is 4.27. The quantitative estimate of drug-likeness (QED) is 0.838. The number of nitrogen functional groups attached to an aromatic ring is 1. The molecule has 0 unspecified atom stereocenters. The number of nitrogens with zero attached hydrogens (tertiary/aromatic N) is 2. The Balaban J connectivity index is 2.73. The van der Waals surface area contributed by atoms with Crippen molar-refractivity contribution in [1.82, 2.24) is 9.97 Å². The molecule has 0 saturated carbocycles. The van der Waals surface area contributed by atoms with Crippen LogP contribution in [-0.4, -0.2) is 15.8 Å². The van der Waals surface area contributed by atoms with Crippen LogP contribution in [-0.2, 0) is 0 Å². The largest absolute Gasteiger partial charge is 0.382 e. The van der Waals surface area contributed by atoms with E-state index in [0.29, 0.717) is 0 Å². The monoisotopic (exact) mass is 349 g/mol. The lowest BCUT2D eigenvalue weighted by atomic mass is 10.1. The molecule has 9 heteroatoms. The van der Waals surface area contributed by atoms with Crippen molar-refractivity contribution >= 4 is 34.8 Å². The minimum Gasteiger partial charge on any atom is -0.382 e. The number of aromatic nitrogens is 2. The average molecular weight is 350 g/mol. The van der Waals surface area contributed by atoms with Crippen LogP contribution >= 0.6 is 23.2 Å². The van der Waals surface area contributed by atoms with Gasteiger partial charge in [0, 0.05) is 6.92 Å². The molecule has 1 heterocycles. The van der Waals surface area contributed by atoms with Gasteiger partial charge in [-0.25, -0.2) is 23.1 Å². The number of carbonyl (C=O) groups excluding carboxylic acids is 1. The summed E-state index contributed by atoms with van der Waals surface area (Å²) in [5.74, 6) is -2.39. The van der Waals surface area contributed by atoms with E-state index in [9.17, 15) is 18.0 Å². The van der Waals surface area contributed by atoms with Crippen molar-refractivity contribution in [2.24, 2.45) is 0 Å². The van der Waals surface area contributed by atoms with Gasteiger partial charge in [0.05, 0.1) is 16.1 Å². The molecule has 0 atom stereocenters. The summed E-state index contributed by atoms with van der Waals surface area (Å²) in [4.78, 5) is 19.0. The summed E-state index contributed by atoms with van der Waals surface area (Å²) >= 11 is 11.4. The molecule has 0 saturated heterocycles. The highest BCUT2D eigenvalue weighted by Crippen LogP contribution is 2.35. The summed E-state index contributed by atoms with van der Waals surface area (Å²) < 4.78 is 40.0. The zero-order chi connectivity index (χ0) is 16.6. The molecule has 0 aliphatic rings. The van der Waals surface area contributed by atoms with E-state index in [2.05, 4.69) is 9.97 Å². The molecule has 0 radical (unpaired) electrons. The van der Waals surface area contributed by atoms with Gasteiger partial charge in [-0.05, 0) is 12.1 Å². The number of Topliss-reactive ketones (excluding diaryl/α,β-unsaturated/α-hetero) is 1. The molecule has 1 aromatic carbocycles. The van der Waals surface area contributed by atoms with Gasteiger partial charge in [-0.1, -0.05) is 23.2 Å². The highest BCUT2D eigenvalue weighted by molar-refractivity contribution is 6.35. The smallest absolute Gasteiger partial charge is 0.268 e. The molecular formula is C13H8Cl2F3N3O. The zero-order valence-electron chi connectivity index (χ0n) is 11.0. The molecule has 1 aromatic heterocycles. The van der Waals surface area contributed by atoms with Crippen molar-refractivity contribution in [1.29, 1.82) is 0 Å². The van der Waals surface area contributed by atoms with Gasteiger partial charge in [0.25, 0.3) is 6.43 Å². The Kier molecular flexibility index (Phi) is 4.58. The summed E-state index contributed by atoms with van der Waals surface area (Å²) in [6.07, 6.45) is -3.12. The van der Waals surface area contributed by atoms with E-state index in [1.165, 1.54) is 6.92 Å². The highest BCUT2D eigenvalue weighted by Gasteiger charge is 2.24. The lowest BCUT2D eigenvalue weighted by Gasteiger charge is -2.11. The highest BCUT2D eigenvalue weighted by atomic mass is 35.5. The van der Waals surface area contributed by atoms with Crippen molar-refractivity contribution in [3.05, 3.63) is 39.3 Å². The van der Waals surface area contributed by atoms with Crippen molar-refractivity contribution < 1.29 is 18.0 Å². The number of alkyl halides is 2. The van der Waals surface area contributed by atoms with Crippen LogP contribution in [0.3, 0.4) is 0 Å². The van der Waals surface area contributed by atoms with Gasteiger partial charge >= 0.3 is 0 Å². The molecule has 22 heavy (non-hydrogen) atoms. The van der Waals surface area contributed by atoms with Gasteiger partial charge in [-0.15, -0.1) is 0 Å². The Morgan fingerprint density at radius 3 is 2.45 bits per heavy atom. The van der Waals surface area contributed by atoms with Crippen LogP contribution in [0.4, 0.5) is 19.0 Å². The Morgan fingerprint density at radius 1 is 1.27 bits per heavy atom. The topological polar surface area (TPSA) is 68.9 Å². The molecule has 2 N–H and O–H groups in total. The lowest BCUT2D eigenvalue weighted by Crippen LogP contribution is -2.07. The maximum absolute atomic E-state index is 14.2. The van der Waals surface area contributed by atoms with Gasteiger partial charge < -0.3 is 5.73 Å². The Bertz CT molecular complexity index is 769. The SMILES string of the molecule is CC(=O)c1nc(-c2ccc(Cl)c(C(F)F)c2F)nc(N)c1Cl. The van der Waals surface area contributed by atoms with Crippen molar-refractivity contribution in [2.45, 2.75) is 13.3 Å². The van der Waals surface area contributed by atoms with Gasteiger partial charge in [0.2, 0.25) is 0 Å². The Hall–Kier alpha value is -1.86. The first kappa shape index (κ1) is 16.5. The number of halogens is 5. The minimum atomic E-state index is -3.12. The van der Waals surface area contributed by atoms with Crippen LogP contribution in [0.2, 0.25) is 10.0 Å². The fourth-order valence-corrected chi connectivity index (χ4v) is 2.21. The molecule has 4 nitrogen and oxygen atoms in total. The van der Waals surface area contributed by atoms with Crippen molar-refractivity contribution in [2.75, 3.05) is 5.73 Å². The number of hydrogen-bond donors (Lipinski definition) is 1. The van der Waals surface area contributed by atoms with Crippen LogP contribution in [0.25, 0.3) is 11.4 Å².